The topological polar surface area (TPSA) is 367 Å². The fourth-order valence-corrected chi connectivity index (χ4v) is 7.27. The van der Waals surface area contributed by atoms with Crippen LogP contribution in [0.5, 0.6) is 0 Å². The molecule has 29 heteroatoms. The van der Waals surface area contributed by atoms with E-state index in [1.54, 1.807) is 0 Å². The van der Waals surface area contributed by atoms with Crippen molar-refractivity contribution in [3.8, 4) is 0 Å². The van der Waals surface area contributed by atoms with Crippen LogP contribution in [0.1, 0.15) is 75.7 Å². The second-order valence-electron chi connectivity index (χ2n) is 15.4. The maximum absolute atomic E-state index is 13.1. The van der Waals surface area contributed by atoms with E-state index >= 15 is 0 Å². The van der Waals surface area contributed by atoms with Gasteiger partial charge in [0, 0.05) is 87.3 Å². The van der Waals surface area contributed by atoms with Crippen LogP contribution in [0.15, 0.2) is 5.11 Å². The van der Waals surface area contributed by atoms with Gasteiger partial charge in [-0.3, -0.25) is 47.9 Å². The second-order valence-corrected chi connectivity index (χ2v) is 15.4. The van der Waals surface area contributed by atoms with Gasteiger partial charge in [0.05, 0.1) is 0 Å². The number of rotatable bonds is 22. The minimum Gasteiger partial charge on any atom is -0.463 e. The summed E-state index contributed by atoms with van der Waals surface area (Å²) in [5.41, 5.74) is 8.81. The van der Waals surface area contributed by atoms with E-state index in [0.717, 1.165) is 69.2 Å². The molecule has 392 valence electrons. The number of azide groups is 1. The molecule has 3 fully saturated rings. The predicted molar refractivity (Wildman–Crippen MR) is 219 cm³/mol. The molecule has 29 nitrogen and oxygen atoms in total. The van der Waals surface area contributed by atoms with E-state index < -0.39 is 172 Å². The molecule has 0 N–H and O–H groups in total. The highest BCUT2D eigenvalue weighted by Gasteiger charge is 2.60. The fourth-order valence-electron chi connectivity index (χ4n) is 7.27. The van der Waals surface area contributed by atoms with Gasteiger partial charge < -0.3 is 75.8 Å². The summed E-state index contributed by atoms with van der Waals surface area (Å²) in [6, 6.07) is 0. The van der Waals surface area contributed by atoms with Crippen LogP contribution < -0.4 is 0 Å². The van der Waals surface area contributed by atoms with Gasteiger partial charge in [0.25, 0.3) is 0 Å². The molecular formula is C41H57N3O26. The van der Waals surface area contributed by atoms with Crippen LogP contribution in [-0.4, -0.2) is 185 Å². The molecule has 3 rings (SSSR count). The summed E-state index contributed by atoms with van der Waals surface area (Å²) in [5.74, 6) is -9.55. The maximum Gasteiger partial charge on any atom is 0.303 e. The largest absolute Gasteiger partial charge is 0.463 e. The Kier molecular flexibility index (Phi) is 23.1. The summed E-state index contributed by atoms with van der Waals surface area (Å²) in [4.78, 5) is 128. The highest BCUT2D eigenvalue weighted by Crippen LogP contribution is 2.38. The molecule has 70 heavy (non-hydrogen) atoms. The summed E-state index contributed by atoms with van der Waals surface area (Å²) in [6.45, 7) is 7.53. The molecule has 0 amide bonds. The quantitative estimate of drug-likeness (QED) is 0.0340. The Labute approximate surface area is 399 Å². The Morgan fingerprint density at radius 2 is 0.700 bits per heavy atom. The van der Waals surface area contributed by atoms with Gasteiger partial charge in [0.2, 0.25) is 0 Å². The standard InChI is InChI=1S/C41H57N3O26/c1-17(45)56-14-27-30(59-20(4)48)33(62-23(7)51)36(39(66-27)55-13-11-12-43-44-42)70-41-38(65-26(10)54)35(32(61-22(6)50)29(68-41)16-58-19(3)47)69-40-37(64-25(9)53)34(63-24(8)52)31(60-21(5)49)28(67-40)15-57-18(2)46/h27-41H,11-16H2,1-10H3/t27-,28-,29-,30-,31-,32-,33+,34+,35+,36+,37+,38+,39+,40-,41-/m1/s1. The lowest BCUT2D eigenvalue weighted by Gasteiger charge is -2.50. The van der Waals surface area contributed by atoms with Crippen LogP contribution >= 0.6 is 0 Å². The lowest BCUT2D eigenvalue weighted by molar-refractivity contribution is -0.386. The summed E-state index contributed by atoms with van der Waals surface area (Å²) in [6.07, 6.45) is -26.9. The zero-order valence-corrected chi connectivity index (χ0v) is 39.9. The van der Waals surface area contributed by atoms with Gasteiger partial charge >= 0.3 is 59.7 Å². The number of carbonyl (C=O) groups is 10. The minimum absolute atomic E-state index is 0.0628. The van der Waals surface area contributed by atoms with Crippen LogP contribution in [0.2, 0.25) is 0 Å². The first-order valence-corrected chi connectivity index (χ1v) is 21.4. The highest BCUT2D eigenvalue weighted by atomic mass is 16.8. The molecule has 0 radical (unpaired) electrons. The van der Waals surface area contributed by atoms with Crippen molar-refractivity contribution >= 4 is 59.7 Å². The van der Waals surface area contributed by atoms with Gasteiger partial charge in [-0.2, -0.15) is 0 Å². The van der Waals surface area contributed by atoms with E-state index in [0.29, 0.717) is 0 Å². The summed E-state index contributed by atoms with van der Waals surface area (Å²) in [7, 11) is 0. The molecule has 0 bridgehead atoms. The van der Waals surface area contributed by atoms with E-state index in [2.05, 4.69) is 10.0 Å². The van der Waals surface area contributed by atoms with Crippen LogP contribution in [0.4, 0.5) is 0 Å². The SMILES string of the molecule is CC(=O)OC[C@H]1O[C@H](O[C@@H]2[C@H](OC(C)=O)[C@@H](O[C@@H]3[C@@H](OCCCN=[N+]=[N-])O[C@H](COC(C)=O)[C@@H](OC(C)=O)[C@@H]3OC(C)=O)O[C@H](COC(C)=O)[C@H]2OC(C)=O)[C@@H](OC(C)=O)[C@@H](OC(C)=O)[C@@H]1OC(C)=O. The van der Waals surface area contributed by atoms with E-state index in [-0.39, 0.29) is 19.6 Å². The van der Waals surface area contributed by atoms with Crippen molar-refractivity contribution in [3.63, 3.8) is 0 Å². The van der Waals surface area contributed by atoms with Crippen molar-refractivity contribution in [1.82, 2.24) is 0 Å². The first kappa shape index (κ1) is 58.1. The van der Waals surface area contributed by atoms with Gasteiger partial charge in [0.15, 0.2) is 67.7 Å². The number of carbonyl (C=O) groups excluding carboxylic acids is 10. The lowest BCUT2D eigenvalue weighted by atomic mass is 9.95. The molecule has 0 aliphatic carbocycles. The fraction of sp³-hybridized carbons (Fsp3) is 0.756. The molecule has 3 heterocycles. The van der Waals surface area contributed by atoms with Crippen molar-refractivity contribution in [2.24, 2.45) is 5.11 Å². The molecule has 15 atom stereocenters. The van der Waals surface area contributed by atoms with Crippen molar-refractivity contribution in [2.45, 2.75) is 168 Å². The molecule has 0 spiro atoms. The molecule has 0 aromatic rings. The van der Waals surface area contributed by atoms with Crippen molar-refractivity contribution < 1.29 is 124 Å². The molecule has 0 aromatic carbocycles. The van der Waals surface area contributed by atoms with E-state index in [4.69, 9.17) is 81.3 Å². The predicted octanol–water partition coefficient (Wildman–Crippen LogP) is -0.140. The van der Waals surface area contributed by atoms with Crippen LogP contribution in [-0.2, 0) is 124 Å². The maximum atomic E-state index is 13.1. The van der Waals surface area contributed by atoms with Crippen LogP contribution in [0.3, 0.4) is 0 Å². The average molecular weight is 1010 g/mol. The molecule has 3 aliphatic rings. The Bertz CT molecular complexity index is 1940. The third kappa shape index (κ3) is 18.3. The first-order valence-electron chi connectivity index (χ1n) is 21.4. The smallest absolute Gasteiger partial charge is 0.303 e. The molecule has 3 aliphatic heterocycles. The summed E-state index contributed by atoms with van der Waals surface area (Å²) >= 11 is 0. The van der Waals surface area contributed by atoms with Gasteiger partial charge in [0.1, 0.15) is 44.2 Å². The Morgan fingerprint density at radius 3 is 1.06 bits per heavy atom. The van der Waals surface area contributed by atoms with Crippen LogP contribution in [0.25, 0.3) is 10.4 Å². The van der Waals surface area contributed by atoms with Gasteiger partial charge in [-0.1, -0.05) is 5.11 Å². The third-order valence-corrected chi connectivity index (χ3v) is 9.57. The van der Waals surface area contributed by atoms with Gasteiger partial charge in [-0.05, 0) is 12.0 Å². The van der Waals surface area contributed by atoms with Gasteiger partial charge in [-0.15, -0.1) is 0 Å². The first-order chi connectivity index (χ1) is 32.9. The minimum atomic E-state index is -2.07. The third-order valence-electron chi connectivity index (χ3n) is 9.57. The van der Waals surface area contributed by atoms with Crippen molar-refractivity contribution in [1.29, 1.82) is 0 Å². The molecule has 3 saturated heterocycles. The lowest BCUT2D eigenvalue weighted by Crippen LogP contribution is -2.69. The average Bonchev–Trinajstić information content (AvgIpc) is 3.23. The number of ether oxygens (including phenoxy) is 16. The van der Waals surface area contributed by atoms with E-state index in [1.165, 1.54) is 0 Å². The van der Waals surface area contributed by atoms with E-state index in [1.807, 2.05) is 0 Å². The van der Waals surface area contributed by atoms with E-state index in [9.17, 15) is 47.9 Å². The Morgan fingerprint density at radius 1 is 0.400 bits per heavy atom. The monoisotopic (exact) mass is 1010 g/mol. The summed E-state index contributed by atoms with van der Waals surface area (Å²) in [5, 5.41) is 3.45. The van der Waals surface area contributed by atoms with Gasteiger partial charge in [-0.25, -0.2) is 0 Å². The van der Waals surface area contributed by atoms with Crippen LogP contribution in [0, 0.1) is 0 Å². The number of hydrogen-bond acceptors (Lipinski definition) is 27. The number of esters is 10. The summed E-state index contributed by atoms with van der Waals surface area (Å²) < 4.78 is 92.2. The normalized spacial score (nSPS) is 30.3. The molecular weight excluding hydrogens is 950 g/mol. The zero-order valence-electron chi connectivity index (χ0n) is 39.9. The molecule has 0 saturated carbocycles. The second kappa shape index (κ2) is 27.8. The molecule has 0 unspecified atom stereocenters. The van der Waals surface area contributed by atoms with Crippen molar-refractivity contribution in [2.75, 3.05) is 33.0 Å². The number of hydrogen-bond donors (Lipinski definition) is 0. The number of nitrogens with zero attached hydrogens (tertiary/aromatic N) is 3. The Balaban J connectivity index is 2.36. The molecule has 0 aromatic heterocycles. The highest BCUT2D eigenvalue weighted by molar-refractivity contribution is 5.70. The Hall–Kier alpha value is -6.23. The van der Waals surface area contributed by atoms with Crippen molar-refractivity contribution in [3.05, 3.63) is 10.4 Å². The zero-order chi connectivity index (χ0) is 52.4.